The minimum absolute atomic E-state index is 0.0416. The van der Waals surface area contributed by atoms with E-state index in [2.05, 4.69) is 57.5 Å². The number of nitrogens with one attached hydrogen (secondary N) is 9. The molecule has 15 N–H and O–H groups in total. The highest BCUT2D eigenvalue weighted by Gasteiger charge is 2.51. The minimum Gasteiger partial charge on any atom is -0.370 e. The lowest BCUT2D eigenvalue weighted by Crippen LogP contribution is -2.61. The number of fused-ring (bicyclic) bond motifs is 1. The van der Waals surface area contributed by atoms with E-state index in [0.717, 1.165) is 36.6 Å². The van der Waals surface area contributed by atoms with Crippen molar-refractivity contribution >= 4 is 70.0 Å². The van der Waals surface area contributed by atoms with E-state index in [1.165, 1.54) is 25.5 Å². The van der Waals surface area contributed by atoms with Gasteiger partial charge >= 0.3 is 0 Å². The van der Waals surface area contributed by atoms with Crippen LogP contribution in [0.25, 0.3) is 10.9 Å². The summed E-state index contributed by atoms with van der Waals surface area (Å²) in [7, 11) is 0. The van der Waals surface area contributed by atoms with Gasteiger partial charge in [0.25, 0.3) is 0 Å². The van der Waals surface area contributed by atoms with Crippen LogP contribution in [0, 0.1) is 23.2 Å². The molecule has 1 saturated heterocycles. The number of rotatable bonds is 19. The number of H-pyrrole nitrogens is 1. The van der Waals surface area contributed by atoms with Crippen molar-refractivity contribution in [1.29, 1.82) is 0 Å². The number of primary amides is 1. The Morgan fingerprint density at radius 1 is 0.698 bits per heavy atom. The summed E-state index contributed by atoms with van der Waals surface area (Å²) in [4.78, 5) is 141. The van der Waals surface area contributed by atoms with Gasteiger partial charge in [-0.1, -0.05) is 74.4 Å². The highest BCUT2D eigenvalue weighted by atomic mass is 16.2. The largest absolute Gasteiger partial charge is 0.370 e. The molecule has 7 atom stereocenters. The molecule has 0 unspecified atom stereocenters. The zero-order chi connectivity index (χ0) is 61.2. The second-order valence-corrected chi connectivity index (χ2v) is 24.3. The second-order valence-electron chi connectivity index (χ2n) is 24.3. The van der Waals surface area contributed by atoms with E-state index in [9.17, 15) is 38.4 Å². The number of hydrogen-bond acceptors (Lipinski definition) is 11. The third-order valence-corrected chi connectivity index (χ3v) is 17.4. The molecule has 462 valence electrons. The van der Waals surface area contributed by atoms with E-state index >= 15 is 4.79 Å². The van der Waals surface area contributed by atoms with Gasteiger partial charge in [0.2, 0.25) is 53.2 Å². The molecule has 2 aromatic heterocycles. The zero-order valence-electron chi connectivity index (χ0n) is 49.2. The quantitative estimate of drug-likeness (QED) is 0.0366. The summed E-state index contributed by atoms with van der Waals surface area (Å²) < 4.78 is 0. The molecule has 5 aliphatic rings. The van der Waals surface area contributed by atoms with Crippen LogP contribution in [0.3, 0.4) is 0 Å². The van der Waals surface area contributed by atoms with Gasteiger partial charge in [-0.05, 0) is 135 Å². The summed E-state index contributed by atoms with van der Waals surface area (Å²) in [6.45, 7) is 2.19. The van der Waals surface area contributed by atoms with E-state index in [0.29, 0.717) is 66.5 Å². The Morgan fingerprint density at radius 2 is 1.31 bits per heavy atom. The van der Waals surface area contributed by atoms with E-state index in [-0.39, 0.29) is 81.7 Å². The molecule has 5 fully saturated rings. The van der Waals surface area contributed by atoms with Crippen molar-refractivity contribution < 1.29 is 43.2 Å². The van der Waals surface area contributed by atoms with Gasteiger partial charge in [-0.25, -0.2) is 0 Å². The van der Waals surface area contributed by atoms with Crippen LogP contribution in [-0.4, -0.2) is 124 Å². The van der Waals surface area contributed by atoms with Crippen molar-refractivity contribution in [3.63, 3.8) is 0 Å². The Kier molecular flexibility index (Phi) is 22.7. The summed E-state index contributed by atoms with van der Waals surface area (Å²) >= 11 is 0. The lowest BCUT2D eigenvalue weighted by Gasteiger charge is -2.56. The molecular weight excluding hydrogens is 1100 g/mol. The number of nitrogens with two attached hydrogens (primary N) is 3. The van der Waals surface area contributed by atoms with Crippen LogP contribution in [0.1, 0.15) is 133 Å². The molecule has 4 aromatic rings. The van der Waals surface area contributed by atoms with E-state index < -0.39 is 89.6 Å². The standard InChI is InChI=1S/C63H86N14O9/c1-2-3-17-47(71-54(79)35-63-32-40-26-41(33-63)28-42(27-40)34-63)56(81)74-49-21-22-53(78)68-24-10-9-19-46(55(64)80)72-61(86)52(31-43-37-70-45-18-8-7-16-44(43)45)77-57(82)48(20-12-25-69-62(65)66)73-59(84)50(29-38-13-5-4-6-14-38)76-60(85)51(75-58(49)83)30-39-15-11-23-67-36-39/h4-8,11,13-16,18,23,36-37,40-42,46-52,70H,2-3,9-10,12,17,19-22,24-35H2,1H3,(H2,64,80)(H,68,78)(H,71,79)(H,72,86)(H,73,84)(H,74,81)(H,75,83)(H,76,85)(H,77,82)(H4,65,66,69)/t40?,41?,42?,46-,47-,48-,49-,50+,51-,52-,63?/m0/s1. The van der Waals surface area contributed by atoms with Crippen LogP contribution in [0.15, 0.2) is 90.3 Å². The van der Waals surface area contributed by atoms with Crippen LogP contribution in [0.5, 0.6) is 0 Å². The van der Waals surface area contributed by atoms with Crippen molar-refractivity contribution in [3.05, 3.63) is 102 Å². The van der Waals surface area contributed by atoms with E-state index in [1.807, 2.05) is 31.2 Å². The number of para-hydroxylation sites is 1. The summed E-state index contributed by atoms with van der Waals surface area (Å²) in [5.74, 6) is -4.33. The van der Waals surface area contributed by atoms with Gasteiger partial charge in [-0.2, -0.15) is 0 Å². The number of aromatic nitrogens is 2. The number of carbonyl (C=O) groups is 9. The molecule has 0 radical (unpaired) electrons. The van der Waals surface area contributed by atoms with Gasteiger partial charge in [0.15, 0.2) is 5.96 Å². The first-order chi connectivity index (χ1) is 41.4. The summed E-state index contributed by atoms with van der Waals surface area (Å²) in [6, 6.07) is 10.6. The van der Waals surface area contributed by atoms with Gasteiger partial charge in [-0.15, -0.1) is 0 Å². The number of hydrogen-bond donors (Lipinski definition) is 12. The van der Waals surface area contributed by atoms with Crippen LogP contribution < -0.4 is 59.7 Å². The molecule has 0 spiro atoms. The number of nitrogens with zero attached hydrogens (tertiary/aromatic N) is 2. The van der Waals surface area contributed by atoms with Crippen molar-refractivity contribution in [2.45, 2.75) is 178 Å². The molecule has 3 heterocycles. The normalized spacial score (nSPS) is 26.5. The zero-order valence-corrected chi connectivity index (χ0v) is 49.2. The average molecular weight is 1180 g/mol. The van der Waals surface area contributed by atoms with Gasteiger partial charge in [0, 0.05) is 74.7 Å². The van der Waals surface area contributed by atoms with Crippen LogP contribution in [0.4, 0.5) is 0 Å². The monoisotopic (exact) mass is 1180 g/mol. The first-order valence-electron chi connectivity index (χ1n) is 30.6. The van der Waals surface area contributed by atoms with Crippen LogP contribution >= 0.6 is 0 Å². The highest BCUT2D eigenvalue weighted by molar-refractivity contribution is 5.98. The molecule has 9 rings (SSSR count). The number of carbonyl (C=O) groups excluding carboxylic acids is 9. The van der Waals surface area contributed by atoms with Crippen molar-refractivity contribution in [2.75, 3.05) is 13.1 Å². The predicted molar refractivity (Wildman–Crippen MR) is 324 cm³/mol. The molecule has 23 nitrogen and oxygen atoms in total. The summed E-state index contributed by atoms with van der Waals surface area (Å²) in [5, 5.41) is 23.6. The molecule has 86 heavy (non-hydrogen) atoms. The average Bonchev–Trinajstić information content (AvgIpc) is 1.94. The van der Waals surface area contributed by atoms with E-state index in [4.69, 9.17) is 17.2 Å². The lowest BCUT2D eigenvalue weighted by molar-refractivity contribution is -0.136. The maximum atomic E-state index is 15.0. The first kappa shape index (κ1) is 63.6. The van der Waals surface area contributed by atoms with E-state index in [1.54, 1.807) is 54.9 Å². The van der Waals surface area contributed by atoms with Crippen LogP contribution in [-0.2, 0) is 62.4 Å². The maximum absolute atomic E-state index is 15.0. The van der Waals surface area contributed by atoms with Gasteiger partial charge < -0.3 is 64.7 Å². The van der Waals surface area contributed by atoms with Gasteiger partial charge in [0.1, 0.15) is 42.3 Å². The number of unbranched alkanes of at least 4 members (excludes halogenated alkanes) is 1. The maximum Gasteiger partial charge on any atom is 0.243 e. The fraction of sp³-hybridized carbons (Fsp3) is 0.540. The molecule has 4 saturated carbocycles. The summed E-state index contributed by atoms with van der Waals surface area (Å²) in [5.41, 5.74) is 19.7. The van der Waals surface area contributed by atoms with Gasteiger partial charge in [0.05, 0.1) is 0 Å². The molecule has 4 bridgehead atoms. The minimum atomic E-state index is -1.40. The third kappa shape index (κ3) is 18.3. The number of aliphatic imine (C=N–C) groups is 1. The SMILES string of the molecule is CCCC[C@H](NC(=O)CC12CC3CC(CC(C3)C1)C2)C(=O)N[C@H]1CCC(=O)NCCCC[C@@H](C(N)=O)NC(=O)[C@H](Cc2c[nH]c3ccccc23)NC(=O)[C@H](CCCN=C(N)N)NC(=O)[C@@H](Cc2ccccc2)NC(=O)[C@H](Cc2cccnc2)NC1=O. The third-order valence-electron chi connectivity index (χ3n) is 17.4. The van der Waals surface area contributed by atoms with Gasteiger partial charge in [-0.3, -0.25) is 53.1 Å². The topological polar surface area (TPSA) is 369 Å². The van der Waals surface area contributed by atoms with Crippen LogP contribution in [0.2, 0.25) is 0 Å². The first-order valence-corrected chi connectivity index (χ1v) is 30.6. The smallest absolute Gasteiger partial charge is 0.243 e. The number of benzene rings is 2. The fourth-order valence-electron chi connectivity index (χ4n) is 13.5. The summed E-state index contributed by atoms with van der Waals surface area (Å²) in [6.07, 6.45) is 13.6. The second kappa shape index (κ2) is 30.6. The number of pyridine rings is 1. The molecule has 9 amide bonds. The molecule has 2 aromatic carbocycles. The lowest BCUT2D eigenvalue weighted by atomic mass is 9.49. The highest BCUT2D eigenvalue weighted by Crippen LogP contribution is 2.61. The molecule has 4 aliphatic carbocycles. The Bertz CT molecular complexity index is 3010. The predicted octanol–water partition coefficient (Wildman–Crippen LogP) is 2.40. The Morgan fingerprint density at radius 3 is 1.98 bits per heavy atom. The Hall–Kier alpha value is -8.37. The molecule has 23 heteroatoms. The van der Waals surface area contributed by atoms with Crippen molar-refractivity contribution in [3.8, 4) is 0 Å². The molecule has 1 aliphatic heterocycles. The number of amides is 9. The van der Waals surface area contributed by atoms with Crippen molar-refractivity contribution in [2.24, 2.45) is 45.4 Å². The number of guanidine groups is 1. The Labute approximate surface area is 501 Å². The number of aromatic amines is 1. The van der Waals surface area contributed by atoms with Crippen molar-refractivity contribution in [1.82, 2.24) is 52.5 Å². The Balaban J connectivity index is 1.09. The molecular formula is C63H86N14O9. The fourth-order valence-corrected chi connectivity index (χ4v) is 13.5.